The number of ether oxygens (including phenoxy) is 2. The third-order valence-corrected chi connectivity index (χ3v) is 5.58. The molecule has 2 aromatic carbocycles. The van der Waals surface area contributed by atoms with Crippen LogP contribution in [0.4, 0.5) is 5.69 Å². The predicted molar refractivity (Wildman–Crippen MR) is 126 cm³/mol. The number of nitrogens with one attached hydrogen (secondary N) is 1. The average molecular weight is 446 g/mol. The van der Waals surface area contributed by atoms with Gasteiger partial charge in [-0.2, -0.15) is 0 Å². The SMILES string of the molecule is CC(N)c1ccc(C(=O)Nc2ccncc2)cc1-c1cccc(C(=O)OCC2CCCO2)c1. The highest BCUT2D eigenvalue weighted by Gasteiger charge is 2.19. The van der Waals surface area contributed by atoms with Gasteiger partial charge in [-0.05, 0) is 72.9 Å². The number of benzene rings is 2. The Kier molecular flexibility index (Phi) is 7.12. The highest BCUT2D eigenvalue weighted by atomic mass is 16.6. The van der Waals surface area contributed by atoms with Crippen molar-refractivity contribution in [3.63, 3.8) is 0 Å². The molecule has 33 heavy (non-hydrogen) atoms. The van der Waals surface area contributed by atoms with Gasteiger partial charge in [0.05, 0.1) is 11.7 Å². The van der Waals surface area contributed by atoms with Crippen LogP contribution in [0.25, 0.3) is 11.1 Å². The van der Waals surface area contributed by atoms with Gasteiger partial charge < -0.3 is 20.5 Å². The number of nitrogens with two attached hydrogens (primary N) is 1. The van der Waals surface area contributed by atoms with Gasteiger partial charge in [-0.15, -0.1) is 0 Å². The van der Waals surface area contributed by atoms with Crippen LogP contribution in [0.15, 0.2) is 67.0 Å². The van der Waals surface area contributed by atoms with Gasteiger partial charge in [-0.3, -0.25) is 9.78 Å². The Morgan fingerprint density at radius 1 is 1.15 bits per heavy atom. The van der Waals surface area contributed by atoms with Gasteiger partial charge >= 0.3 is 5.97 Å². The fraction of sp³-hybridized carbons (Fsp3) is 0.269. The van der Waals surface area contributed by atoms with Crippen LogP contribution in [0.2, 0.25) is 0 Å². The van der Waals surface area contributed by atoms with Crippen molar-refractivity contribution < 1.29 is 19.1 Å². The van der Waals surface area contributed by atoms with Gasteiger partial charge in [0.15, 0.2) is 0 Å². The van der Waals surface area contributed by atoms with Crippen molar-refractivity contribution in [1.82, 2.24) is 4.98 Å². The summed E-state index contributed by atoms with van der Waals surface area (Å²) in [7, 11) is 0. The quantitative estimate of drug-likeness (QED) is 0.524. The number of hydrogen-bond acceptors (Lipinski definition) is 6. The summed E-state index contributed by atoms with van der Waals surface area (Å²) in [6, 6.07) is 15.8. The van der Waals surface area contributed by atoms with Gasteiger partial charge in [0.25, 0.3) is 5.91 Å². The fourth-order valence-electron chi connectivity index (χ4n) is 3.82. The van der Waals surface area contributed by atoms with E-state index in [1.807, 2.05) is 19.1 Å². The lowest BCUT2D eigenvalue weighted by Crippen LogP contribution is -2.18. The summed E-state index contributed by atoms with van der Waals surface area (Å²) in [5.41, 5.74) is 10.2. The predicted octanol–water partition coefficient (Wildman–Crippen LogP) is 4.36. The number of pyridine rings is 1. The number of anilines is 1. The Balaban J connectivity index is 1.58. The normalized spacial score (nSPS) is 16.2. The van der Waals surface area contributed by atoms with Crippen LogP contribution in [0.1, 0.15) is 52.1 Å². The first kappa shape index (κ1) is 22.6. The summed E-state index contributed by atoms with van der Waals surface area (Å²) in [5, 5.41) is 2.86. The summed E-state index contributed by atoms with van der Waals surface area (Å²) in [6.07, 6.45) is 5.09. The molecule has 0 radical (unpaired) electrons. The largest absolute Gasteiger partial charge is 0.459 e. The van der Waals surface area contributed by atoms with Gasteiger partial charge in [-0.25, -0.2) is 4.79 Å². The Morgan fingerprint density at radius 3 is 2.70 bits per heavy atom. The maximum Gasteiger partial charge on any atom is 0.338 e. The third kappa shape index (κ3) is 5.63. The molecule has 0 aliphatic carbocycles. The molecule has 7 nitrogen and oxygen atoms in total. The molecule has 7 heteroatoms. The smallest absolute Gasteiger partial charge is 0.338 e. The highest BCUT2D eigenvalue weighted by Crippen LogP contribution is 2.30. The Hall–Kier alpha value is -3.55. The van der Waals surface area contributed by atoms with Crippen molar-refractivity contribution >= 4 is 17.6 Å². The minimum absolute atomic E-state index is 0.0302. The minimum Gasteiger partial charge on any atom is -0.459 e. The van der Waals surface area contributed by atoms with E-state index in [9.17, 15) is 9.59 Å². The molecule has 170 valence electrons. The van der Waals surface area contributed by atoms with E-state index in [0.29, 0.717) is 23.4 Å². The van der Waals surface area contributed by atoms with Crippen molar-refractivity contribution in [2.45, 2.75) is 31.9 Å². The molecule has 1 fully saturated rings. The van der Waals surface area contributed by atoms with Crippen molar-refractivity contribution in [2.75, 3.05) is 18.5 Å². The summed E-state index contributed by atoms with van der Waals surface area (Å²) in [5.74, 6) is -0.646. The van der Waals surface area contributed by atoms with Gasteiger partial charge in [-0.1, -0.05) is 18.2 Å². The number of hydrogen-bond donors (Lipinski definition) is 2. The molecule has 0 spiro atoms. The van der Waals surface area contributed by atoms with E-state index in [0.717, 1.165) is 29.5 Å². The molecule has 2 heterocycles. The fourth-order valence-corrected chi connectivity index (χ4v) is 3.82. The van der Waals surface area contributed by atoms with Crippen LogP contribution >= 0.6 is 0 Å². The first-order valence-electron chi connectivity index (χ1n) is 11.0. The summed E-state index contributed by atoms with van der Waals surface area (Å²) >= 11 is 0. The molecule has 1 aliphatic rings. The average Bonchev–Trinajstić information content (AvgIpc) is 3.36. The number of rotatable bonds is 7. The maximum absolute atomic E-state index is 12.8. The van der Waals surface area contributed by atoms with Crippen molar-refractivity contribution in [3.8, 4) is 11.1 Å². The number of nitrogens with zero attached hydrogens (tertiary/aromatic N) is 1. The van der Waals surface area contributed by atoms with Crippen LogP contribution < -0.4 is 11.1 Å². The first-order valence-corrected chi connectivity index (χ1v) is 11.0. The van der Waals surface area contributed by atoms with E-state index in [-0.39, 0.29) is 24.7 Å². The lowest BCUT2D eigenvalue weighted by atomic mass is 9.92. The Labute approximate surface area is 192 Å². The third-order valence-electron chi connectivity index (χ3n) is 5.58. The van der Waals surface area contributed by atoms with E-state index in [1.54, 1.807) is 54.9 Å². The molecule has 3 aromatic rings. The molecular weight excluding hydrogens is 418 g/mol. The number of esters is 1. The van der Waals surface area contributed by atoms with E-state index in [2.05, 4.69) is 10.3 Å². The molecule has 1 aliphatic heterocycles. The molecule has 1 aromatic heterocycles. The van der Waals surface area contributed by atoms with Crippen LogP contribution in [-0.2, 0) is 9.47 Å². The van der Waals surface area contributed by atoms with Crippen molar-refractivity contribution in [3.05, 3.63) is 83.7 Å². The van der Waals surface area contributed by atoms with Gasteiger partial charge in [0, 0.05) is 36.3 Å². The Morgan fingerprint density at radius 2 is 1.97 bits per heavy atom. The van der Waals surface area contributed by atoms with E-state index in [1.165, 1.54) is 0 Å². The molecule has 1 saturated heterocycles. The van der Waals surface area contributed by atoms with E-state index >= 15 is 0 Å². The van der Waals surface area contributed by atoms with Crippen molar-refractivity contribution in [2.24, 2.45) is 5.73 Å². The second-order valence-corrected chi connectivity index (χ2v) is 8.10. The molecule has 2 unspecified atom stereocenters. The van der Waals surface area contributed by atoms with Gasteiger partial charge in [0.1, 0.15) is 6.61 Å². The number of aromatic nitrogens is 1. The summed E-state index contributed by atoms with van der Waals surface area (Å²) in [6.45, 7) is 2.84. The van der Waals surface area contributed by atoms with E-state index in [4.69, 9.17) is 15.2 Å². The highest BCUT2D eigenvalue weighted by molar-refractivity contribution is 6.05. The summed E-state index contributed by atoms with van der Waals surface area (Å²) < 4.78 is 11.0. The molecule has 3 N–H and O–H groups in total. The van der Waals surface area contributed by atoms with Crippen molar-refractivity contribution in [1.29, 1.82) is 0 Å². The van der Waals surface area contributed by atoms with Crippen LogP contribution in [0.3, 0.4) is 0 Å². The molecule has 2 atom stereocenters. The Bertz CT molecular complexity index is 1130. The molecule has 1 amide bonds. The molecular formula is C26H27N3O4. The standard InChI is InChI=1S/C26H27N3O4/c1-17(27)23-8-7-19(25(30)29-21-9-11-28-12-10-21)15-24(23)18-4-2-5-20(14-18)26(31)33-16-22-6-3-13-32-22/h2,4-5,7-12,14-15,17,22H,3,6,13,16,27H2,1H3,(H,28,29,30). The number of carbonyl (C=O) groups is 2. The molecule has 0 bridgehead atoms. The van der Waals surface area contributed by atoms with Crippen LogP contribution in [0.5, 0.6) is 0 Å². The van der Waals surface area contributed by atoms with Crippen LogP contribution in [-0.4, -0.2) is 36.2 Å². The summed E-state index contributed by atoms with van der Waals surface area (Å²) in [4.78, 5) is 29.4. The topological polar surface area (TPSA) is 104 Å². The zero-order valence-electron chi connectivity index (χ0n) is 18.5. The second kappa shape index (κ2) is 10.4. The second-order valence-electron chi connectivity index (χ2n) is 8.10. The lowest BCUT2D eigenvalue weighted by molar-refractivity contribution is 0.0161. The number of carbonyl (C=O) groups excluding carboxylic acids is 2. The molecule has 0 saturated carbocycles. The first-order chi connectivity index (χ1) is 16.0. The zero-order valence-corrected chi connectivity index (χ0v) is 18.5. The van der Waals surface area contributed by atoms with Crippen LogP contribution in [0, 0.1) is 0 Å². The van der Waals surface area contributed by atoms with E-state index < -0.39 is 5.97 Å². The minimum atomic E-state index is -0.402. The monoisotopic (exact) mass is 445 g/mol. The lowest BCUT2D eigenvalue weighted by Gasteiger charge is -2.16. The van der Waals surface area contributed by atoms with Gasteiger partial charge in [0.2, 0.25) is 0 Å². The zero-order chi connectivity index (χ0) is 23.2. The maximum atomic E-state index is 12.8. The number of amides is 1. The molecule has 4 rings (SSSR count).